The predicted octanol–water partition coefficient (Wildman–Crippen LogP) is 4.70. The smallest absolute Gasteiger partial charge is 0.257 e. The Labute approximate surface area is 147 Å². The van der Waals surface area contributed by atoms with Gasteiger partial charge in [-0.2, -0.15) is 0 Å². The van der Waals surface area contributed by atoms with Crippen LogP contribution in [0.3, 0.4) is 0 Å². The zero-order valence-corrected chi connectivity index (χ0v) is 15.1. The molecular weight excluding hydrogens is 320 g/mol. The highest BCUT2D eigenvalue weighted by Gasteiger charge is 2.16. The molecule has 1 heterocycles. The fraction of sp³-hybridized carbons (Fsp3) is 0.474. The number of benzene rings is 1. The number of nitrogens with zero attached hydrogens (tertiary/aromatic N) is 1. The second kappa shape index (κ2) is 7.79. The number of amides is 1. The van der Waals surface area contributed by atoms with Gasteiger partial charge in [-0.3, -0.25) is 10.1 Å². The summed E-state index contributed by atoms with van der Waals surface area (Å²) in [6.07, 6.45) is 5.57. The van der Waals surface area contributed by atoms with E-state index < -0.39 is 0 Å². The number of hydrogen-bond donors (Lipinski definition) is 1. The molecule has 1 amide bonds. The maximum Gasteiger partial charge on any atom is 0.257 e. The average molecular weight is 344 g/mol. The summed E-state index contributed by atoms with van der Waals surface area (Å²) in [5.41, 5.74) is 1.79. The van der Waals surface area contributed by atoms with Gasteiger partial charge in [-0.1, -0.05) is 13.8 Å². The van der Waals surface area contributed by atoms with Crippen LogP contribution in [0.1, 0.15) is 54.0 Å². The lowest BCUT2D eigenvalue weighted by atomic mass is 10.0. The normalized spacial score (nSPS) is 13.6. The molecule has 0 aliphatic heterocycles. The van der Waals surface area contributed by atoms with Crippen molar-refractivity contribution in [3.63, 3.8) is 0 Å². The average Bonchev–Trinajstić information content (AvgIpc) is 2.97. The fourth-order valence-electron chi connectivity index (χ4n) is 2.69. The highest BCUT2D eigenvalue weighted by atomic mass is 32.1. The third-order valence-electron chi connectivity index (χ3n) is 4.15. The first-order chi connectivity index (χ1) is 11.6. The van der Waals surface area contributed by atoms with E-state index in [9.17, 15) is 4.79 Å². The second-order valence-corrected chi connectivity index (χ2v) is 7.69. The van der Waals surface area contributed by atoms with Gasteiger partial charge in [0.05, 0.1) is 12.3 Å². The van der Waals surface area contributed by atoms with Gasteiger partial charge in [0, 0.05) is 10.4 Å². The number of aryl methyl sites for hydroxylation is 2. The lowest BCUT2D eigenvalue weighted by Crippen LogP contribution is -2.11. The summed E-state index contributed by atoms with van der Waals surface area (Å²) in [5, 5.41) is 3.63. The van der Waals surface area contributed by atoms with Gasteiger partial charge >= 0.3 is 0 Å². The van der Waals surface area contributed by atoms with Crippen LogP contribution >= 0.6 is 11.3 Å². The predicted molar refractivity (Wildman–Crippen MR) is 98.1 cm³/mol. The standard InChI is InChI=1S/C19H24N2O2S/c1-13(2)11-12-23-15-9-7-14(8-10-15)18(22)21-19-20-16-5-3-4-6-17(16)24-19/h7-10,13H,3-6,11-12H2,1-2H3,(H,20,21,22). The minimum atomic E-state index is -0.116. The van der Waals surface area contributed by atoms with Crippen molar-refractivity contribution < 1.29 is 9.53 Å². The molecule has 5 heteroatoms. The number of thiazole rings is 1. The highest BCUT2D eigenvalue weighted by molar-refractivity contribution is 7.15. The van der Waals surface area contributed by atoms with E-state index in [1.807, 2.05) is 12.1 Å². The number of nitrogens with one attached hydrogen (secondary N) is 1. The molecule has 0 atom stereocenters. The molecule has 128 valence electrons. The summed E-state index contributed by atoms with van der Waals surface area (Å²) in [6.45, 7) is 5.05. The van der Waals surface area contributed by atoms with E-state index in [1.54, 1.807) is 23.5 Å². The maximum atomic E-state index is 12.4. The molecule has 0 radical (unpaired) electrons. The van der Waals surface area contributed by atoms with Crippen molar-refractivity contribution in [3.8, 4) is 5.75 Å². The van der Waals surface area contributed by atoms with Gasteiger partial charge in [0.1, 0.15) is 5.75 Å². The molecule has 3 rings (SSSR count). The first-order valence-electron chi connectivity index (χ1n) is 8.64. The molecule has 0 saturated carbocycles. The Hall–Kier alpha value is -1.88. The Bertz CT molecular complexity index is 668. The van der Waals surface area contributed by atoms with Crippen molar-refractivity contribution in [1.82, 2.24) is 4.98 Å². The first kappa shape index (κ1) is 17.0. The molecule has 0 bridgehead atoms. The summed E-state index contributed by atoms with van der Waals surface area (Å²) in [6, 6.07) is 7.30. The van der Waals surface area contributed by atoms with Gasteiger partial charge in [-0.25, -0.2) is 4.98 Å². The monoisotopic (exact) mass is 344 g/mol. The molecule has 2 aromatic rings. The fourth-order valence-corrected chi connectivity index (χ4v) is 3.73. The minimum absolute atomic E-state index is 0.116. The molecule has 1 N–H and O–H groups in total. The van der Waals surface area contributed by atoms with Crippen LogP contribution in [0, 0.1) is 5.92 Å². The van der Waals surface area contributed by atoms with E-state index >= 15 is 0 Å². The zero-order valence-electron chi connectivity index (χ0n) is 14.3. The van der Waals surface area contributed by atoms with Crippen LogP contribution in [0.2, 0.25) is 0 Å². The summed E-state index contributed by atoms with van der Waals surface area (Å²) in [7, 11) is 0. The Kier molecular flexibility index (Phi) is 5.51. The van der Waals surface area contributed by atoms with E-state index in [1.165, 1.54) is 17.7 Å². The van der Waals surface area contributed by atoms with Gasteiger partial charge in [0.2, 0.25) is 0 Å². The summed E-state index contributed by atoms with van der Waals surface area (Å²) in [5.74, 6) is 1.31. The number of fused-ring (bicyclic) bond motifs is 1. The summed E-state index contributed by atoms with van der Waals surface area (Å²) < 4.78 is 5.68. The molecule has 0 saturated heterocycles. The largest absolute Gasteiger partial charge is 0.494 e. The lowest BCUT2D eigenvalue weighted by Gasteiger charge is -2.08. The Morgan fingerprint density at radius 1 is 1.25 bits per heavy atom. The van der Waals surface area contributed by atoms with Crippen molar-refractivity contribution in [2.75, 3.05) is 11.9 Å². The second-order valence-electron chi connectivity index (χ2n) is 6.61. The van der Waals surface area contributed by atoms with Gasteiger partial charge in [-0.05, 0) is 62.3 Å². The Balaban J connectivity index is 1.57. The van der Waals surface area contributed by atoms with E-state index in [0.29, 0.717) is 23.2 Å². The molecule has 0 spiro atoms. The van der Waals surface area contributed by atoms with Crippen LogP contribution in [0.25, 0.3) is 0 Å². The van der Waals surface area contributed by atoms with Crippen LogP contribution in [-0.2, 0) is 12.8 Å². The van der Waals surface area contributed by atoms with Crippen LogP contribution in [0.5, 0.6) is 5.75 Å². The van der Waals surface area contributed by atoms with Gasteiger partial charge in [0.15, 0.2) is 5.13 Å². The van der Waals surface area contributed by atoms with Gasteiger partial charge < -0.3 is 4.74 Å². The number of rotatable bonds is 6. The Morgan fingerprint density at radius 2 is 2.00 bits per heavy atom. The molecule has 4 nitrogen and oxygen atoms in total. The minimum Gasteiger partial charge on any atom is -0.494 e. The zero-order chi connectivity index (χ0) is 16.9. The van der Waals surface area contributed by atoms with E-state index in [0.717, 1.165) is 30.7 Å². The van der Waals surface area contributed by atoms with Crippen molar-refractivity contribution in [2.24, 2.45) is 5.92 Å². The van der Waals surface area contributed by atoms with Crippen molar-refractivity contribution in [3.05, 3.63) is 40.4 Å². The maximum absolute atomic E-state index is 12.4. The molecule has 1 aromatic heterocycles. The van der Waals surface area contributed by atoms with Crippen molar-refractivity contribution in [1.29, 1.82) is 0 Å². The van der Waals surface area contributed by atoms with Crippen LogP contribution in [0.4, 0.5) is 5.13 Å². The molecular formula is C19H24N2O2S. The SMILES string of the molecule is CC(C)CCOc1ccc(C(=O)Nc2nc3c(s2)CCCC3)cc1. The molecule has 1 aromatic carbocycles. The third-order valence-corrected chi connectivity index (χ3v) is 5.22. The van der Waals surface area contributed by atoms with Gasteiger partial charge in [-0.15, -0.1) is 11.3 Å². The topological polar surface area (TPSA) is 51.2 Å². The quantitative estimate of drug-likeness (QED) is 0.826. The third kappa shape index (κ3) is 4.35. The number of carbonyl (C=O) groups excluding carboxylic acids is 1. The van der Waals surface area contributed by atoms with Gasteiger partial charge in [0.25, 0.3) is 5.91 Å². The molecule has 1 aliphatic rings. The molecule has 0 unspecified atom stereocenters. The van der Waals surface area contributed by atoms with E-state index in [4.69, 9.17) is 4.74 Å². The number of ether oxygens (including phenoxy) is 1. The number of aromatic nitrogens is 1. The van der Waals surface area contributed by atoms with Crippen molar-refractivity contribution >= 4 is 22.4 Å². The summed E-state index contributed by atoms with van der Waals surface area (Å²) >= 11 is 1.61. The lowest BCUT2D eigenvalue weighted by molar-refractivity contribution is 0.102. The van der Waals surface area contributed by atoms with Crippen LogP contribution in [0.15, 0.2) is 24.3 Å². The first-order valence-corrected chi connectivity index (χ1v) is 9.46. The summed E-state index contributed by atoms with van der Waals surface area (Å²) in [4.78, 5) is 18.2. The van der Waals surface area contributed by atoms with E-state index in [2.05, 4.69) is 24.1 Å². The van der Waals surface area contributed by atoms with Crippen molar-refractivity contribution in [2.45, 2.75) is 46.0 Å². The van der Waals surface area contributed by atoms with Crippen LogP contribution < -0.4 is 10.1 Å². The number of anilines is 1. The van der Waals surface area contributed by atoms with Crippen LogP contribution in [-0.4, -0.2) is 17.5 Å². The Morgan fingerprint density at radius 3 is 2.71 bits per heavy atom. The highest BCUT2D eigenvalue weighted by Crippen LogP contribution is 2.29. The molecule has 0 fully saturated rings. The van der Waals surface area contributed by atoms with E-state index in [-0.39, 0.29) is 5.91 Å². The number of hydrogen-bond acceptors (Lipinski definition) is 4. The molecule has 24 heavy (non-hydrogen) atoms. The number of carbonyl (C=O) groups is 1. The molecule has 1 aliphatic carbocycles.